The standard InChI is InChI=1S/C29H27F7N2O4/c1-15(17-8-19(28(31,32)33)12-20(9-17)29(34,35)36)42-24-14-38-23(26(24)16-2-4-21(30)5-3-16)10-18(11-25(38)40)27(41)37-7-6-22(39)13-37/h2-5,8-9,12-13,15,18,23-24,26,39H,6-7,10-11,14H2,1H3/t15-,18?,23+,24+,26?/m1/s1. The van der Waals surface area contributed by atoms with Crippen LogP contribution in [0, 0.1) is 11.7 Å². The van der Waals surface area contributed by atoms with E-state index < -0.39 is 59.4 Å². The van der Waals surface area contributed by atoms with E-state index in [1.54, 1.807) is 0 Å². The van der Waals surface area contributed by atoms with Crippen LogP contribution in [-0.4, -0.2) is 52.0 Å². The van der Waals surface area contributed by atoms with Crippen LogP contribution in [0.1, 0.15) is 60.5 Å². The predicted molar refractivity (Wildman–Crippen MR) is 134 cm³/mol. The number of aliphatic hydroxyl groups is 1. The minimum Gasteiger partial charge on any atom is -0.511 e. The van der Waals surface area contributed by atoms with Gasteiger partial charge in [-0.3, -0.25) is 9.59 Å². The maximum atomic E-state index is 13.8. The largest absolute Gasteiger partial charge is 0.511 e. The number of benzene rings is 2. The van der Waals surface area contributed by atoms with Crippen LogP contribution in [0.3, 0.4) is 0 Å². The summed E-state index contributed by atoms with van der Waals surface area (Å²) in [4.78, 5) is 29.3. The van der Waals surface area contributed by atoms with Gasteiger partial charge in [-0.05, 0) is 54.8 Å². The number of hydrogen-bond acceptors (Lipinski definition) is 4. The van der Waals surface area contributed by atoms with Gasteiger partial charge in [0.2, 0.25) is 11.8 Å². The number of amides is 2. The smallest absolute Gasteiger partial charge is 0.416 e. The van der Waals surface area contributed by atoms with Gasteiger partial charge in [-0.1, -0.05) is 12.1 Å². The van der Waals surface area contributed by atoms with E-state index in [9.17, 15) is 45.4 Å². The summed E-state index contributed by atoms with van der Waals surface area (Å²) in [5.41, 5.74) is -2.75. The first kappa shape index (κ1) is 29.9. The molecule has 13 heteroatoms. The number of piperidine rings is 1. The highest BCUT2D eigenvalue weighted by atomic mass is 19.4. The Morgan fingerprint density at radius 1 is 1.02 bits per heavy atom. The molecule has 6 nitrogen and oxygen atoms in total. The summed E-state index contributed by atoms with van der Waals surface area (Å²) in [5, 5.41) is 9.72. The van der Waals surface area contributed by atoms with Gasteiger partial charge < -0.3 is 19.6 Å². The average molecular weight is 601 g/mol. The molecule has 0 radical (unpaired) electrons. The minimum absolute atomic E-state index is 0.0215. The Labute approximate surface area is 236 Å². The van der Waals surface area contributed by atoms with Gasteiger partial charge in [0.1, 0.15) is 11.6 Å². The van der Waals surface area contributed by atoms with Gasteiger partial charge in [0, 0.05) is 50.0 Å². The second kappa shape index (κ2) is 10.9. The summed E-state index contributed by atoms with van der Waals surface area (Å²) >= 11 is 0. The number of alkyl halides is 6. The fourth-order valence-corrected chi connectivity index (χ4v) is 6.09. The van der Waals surface area contributed by atoms with Crippen molar-refractivity contribution in [3.63, 3.8) is 0 Å². The maximum Gasteiger partial charge on any atom is 0.416 e. The molecule has 5 rings (SSSR count). The number of carbonyl (C=O) groups excluding carboxylic acids is 2. The van der Waals surface area contributed by atoms with Crippen LogP contribution >= 0.6 is 0 Å². The highest BCUT2D eigenvalue weighted by Crippen LogP contribution is 2.45. The molecule has 3 aliphatic heterocycles. The first-order valence-electron chi connectivity index (χ1n) is 13.3. The van der Waals surface area contributed by atoms with E-state index in [0.29, 0.717) is 24.1 Å². The first-order valence-corrected chi connectivity index (χ1v) is 13.3. The van der Waals surface area contributed by atoms with E-state index in [2.05, 4.69) is 0 Å². The molecule has 226 valence electrons. The van der Waals surface area contributed by atoms with Gasteiger partial charge in [0.15, 0.2) is 0 Å². The molecule has 0 aromatic heterocycles. The average Bonchev–Trinajstić information content (AvgIpc) is 3.51. The molecule has 2 fully saturated rings. The summed E-state index contributed by atoms with van der Waals surface area (Å²) in [6.45, 7) is 1.58. The van der Waals surface area contributed by atoms with Crippen molar-refractivity contribution in [1.82, 2.24) is 9.80 Å². The monoisotopic (exact) mass is 600 g/mol. The number of rotatable bonds is 5. The van der Waals surface area contributed by atoms with Gasteiger partial charge in [-0.15, -0.1) is 0 Å². The summed E-state index contributed by atoms with van der Waals surface area (Å²) in [6, 6.07) is 6.01. The number of nitrogens with zero attached hydrogens (tertiary/aromatic N) is 2. The zero-order chi connectivity index (χ0) is 30.6. The zero-order valence-corrected chi connectivity index (χ0v) is 22.3. The second-order valence-electron chi connectivity index (χ2n) is 10.9. The van der Waals surface area contributed by atoms with Crippen LogP contribution in [0.15, 0.2) is 54.4 Å². The van der Waals surface area contributed by atoms with Gasteiger partial charge in [0.05, 0.1) is 23.3 Å². The Kier molecular flexibility index (Phi) is 7.75. The number of carbonyl (C=O) groups is 2. The van der Waals surface area contributed by atoms with Crippen molar-refractivity contribution < 1.29 is 50.2 Å². The van der Waals surface area contributed by atoms with Gasteiger partial charge in [-0.25, -0.2) is 4.39 Å². The third-order valence-electron chi connectivity index (χ3n) is 8.12. The summed E-state index contributed by atoms with van der Waals surface area (Å²) < 4.78 is 101. The summed E-state index contributed by atoms with van der Waals surface area (Å²) in [7, 11) is 0. The van der Waals surface area contributed by atoms with Gasteiger partial charge in [-0.2, -0.15) is 26.3 Å². The molecule has 2 unspecified atom stereocenters. The van der Waals surface area contributed by atoms with Gasteiger partial charge >= 0.3 is 12.4 Å². The number of ether oxygens (including phenoxy) is 1. The lowest BCUT2D eigenvalue weighted by Crippen LogP contribution is -2.47. The first-order chi connectivity index (χ1) is 19.6. The van der Waals surface area contributed by atoms with E-state index >= 15 is 0 Å². The molecule has 1 N–H and O–H groups in total. The minimum atomic E-state index is -5.03. The molecular formula is C29H27F7N2O4. The number of hydrogen-bond donors (Lipinski definition) is 1. The van der Waals surface area contributed by atoms with Crippen molar-refractivity contribution in [3.05, 3.63) is 82.5 Å². The number of fused-ring (bicyclic) bond motifs is 1. The normalized spacial score (nSPS) is 25.4. The lowest BCUT2D eigenvalue weighted by atomic mass is 9.81. The maximum absolute atomic E-state index is 13.8. The Morgan fingerprint density at radius 2 is 1.64 bits per heavy atom. The van der Waals surface area contributed by atoms with Crippen LogP contribution in [-0.2, 0) is 26.7 Å². The lowest BCUT2D eigenvalue weighted by Gasteiger charge is -2.37. The summed E-state index contributed by atoms with van der Waals surface area (Å²) in [5.74, 6) is -2.56. The van der Waals surface area contributed by atoms with Gasteiger partial charge in [0.25, 0.3) is 0 Å². The van der Waals surface area contributed by atoms with E-state index in [0.717, 1.165) is 0 Å². The molecule has 2 saturated heterocycles. The van der Waals surface area contributed by atoms with Crippen molar-refractivity contribution in [2.45, 2.75) is 62.7 Å². The molecule has 3 aliphatic rings. The summed E-state index contributed by atoms with van der Waals surface area (Å²) in [6.07, 6.45) is -10.5. The fourth-order valence-electron chi connectivity index (χ4n) is 6.09. The molecule has 2 aromatic carbocycles. The second-order valence-corrected chi connectivity index (χ2v) is 10.9. The number of halogens is 7. The molecule has 0 bridgehead atoms. The fraction of sp³-hybridized carbons (Fsp3) is 0.448. The number of aliphatic hydroxyl groups excluding tert-OH is 1. The highest BCUT2D eigenvalue weighted by molar-refractivity contribution is 5.88. The molecule has 0 aliphatic carbocycles. The van der Waals surface area contributed by atoms with E-state index in [1.165, 1.54) is 47.2 Å². The quantitative estimate of drug-likeness (QED) is 0.407. The van der Waals surface area contributed by atoms with Crippen LogP contribution in [0.5, 0.6) is 0 Å². The molecular weight excluding hydrogens is 573 g/mol. The molecule has 2 amide bonds. The lowest BCUT2D eigenvalue weighted by molar-refractivity contribution is -0.145. The Bertz CT molecular complexity index is 1360. The van der Waals surface area contributed by atoms with E-state index in [4.69, 9.17) is 4.74 Å². The molecule has 2 aromatic rings. The highest BCUT2D eigenvalue weighted by Gasteiger charge is 2.51. The van der Waals surface area contributed by atoms with Crippen molar-refractivity contribution in [2.75, 3.05) is 13.1 Å². The molecule has 3 heterocycles. The van der Waals surface area contributed by atoms with Crippen molar-refractivity contribution >= 4 is 11.8 Å². The third-order valence-corrected chi connectivity index (χ3v) is 8.12. The predicted octanol–water partition coefficient (Wildman–Crippen LogP) is 6.35. The zero-order valence-electron chi connectivity index (χ0n) is 22.3. The van der Waals surface area contributed by atoms with Crippen LogP contribution in [0.4, 0.5) is 30.7 Å². The molecule has 0 saturated carbocycles. The topological polar surface area (TPSA) is 70.1 Å². The van der Waals surface area contributed by atoms with Crippen molar-refractivity contribution in [3.8, 4) is 0 Å². The SMILES string of the molecule is C[C@@H](O[C@H]1CN2C(=O)CC(C(=O)N3C=C(O)CC3)C[C@H]2C1c1ccc(F)cc1)c1cc(C(F)(F)F)cc(C(F)(F)F)c1. The molecule has 0 spiro atoms. The van der Waals surface area contributed by atoms with Crippen molar-refractivity contribution in [2.24, 2.45) is 5.92 Å². The Hall–Kier alpha value is -3.61. The van der Waals surface area contributed by atoms with E-state index in [-0.39, 0.29) is 55.1 Å². The third kappa shape index (κ3) is 5.97. The molecule has 5 atom stereocenters. The molecule has 42 heavy (non-hydrogen) atoms. The van der Waals surface area contributed by atoms with Crippen LogP contribution in [0.2, 0.25) is 0 Å². The van der Waals surface area contributed by atoms with Crippen LogP contribution in [0.25, 0.3) is 0 Å². The van der Waals surface area contributed by atoms with Crippen molar-refractivity contribution in [1.29, 1.82) is 0 Å². The Balaban J connectivity index is 1.46. The Morgan fingerprint density at radius 3 is 2.19 bits per heavy atom. The van der Waals surface area contributed by atoms with E-state index in [1.807, 2.05) is 0 Å². The van der Waals surface area contributed by atoms with Crippen LogP contribution < -0.4 is 0 Å².